The molecule has 2 heterocycles. The molecule has 0 saturated heterocycles. The van der Waals surface area contributed by atoms with Gasteiger partial charge in [-0.3, -0.25) is 0 Å². The summed E-state index contributed by atoms with van der Waals surface area (Å²) in [5.41, 5.74) is -2.58. The van der Waals surface area contributed by atoms with E-state index in [4.69, 9.17) is 0 Å². The molecule has 1 aromatic carbocycles. The molecule has 1 N–H and O–H groups in total. The molecule has 4 nitrogen and oxygen atoms in total. The molecule has 0 bridgehead atoms. The van der Waals surface area contributed by atoms with Gasteiger partial charge in [-0.2, -0.15) is 26.3 Å². The Labute approximate surface area is 166 Å². The van der Waals surface area contributed by atoms with Gasteiger partial charge in [0.1, 0.15) is 16.0 Å². The summed E-state index contributed by atoms with van der Waals surface area (Å²) >= 11 is 3.19. The zero-order valence-corrected chi connectivity index (χ0v) is 15.9. The third-order valence-electron chi connectivity index (χ3n) is 3.36. The molecule has 1 unspecified atom stereocenters. The highest BCUT2D eigenvalue weighted by atomic mass is 32.2. The van der Waals surface area contributed by atoms with E-state index in [0.29, 0.717) is 21.5 Å². The van der Waals surface area contributed by atoms with E-state index < -0.39 is 28.9 Å². The summed E-state index contributed by atoms with van der Waals surface area (Å²) in [6.07, 6.45) is -9.67. The van der Waals surface area contributed by atoms with E-state index in [1.807, 2.05) is 0 Å². The third-order valence-corrected chi connectivity index (χ3v) is 6.02. The van der Waals surface area contributed by atoms with Crippen LogP contribution in [0.4, 0.5) is 26.3 Å². The molecule has 2 aromatic heterocycles. The van der Waals surface area contributed by atoms with Crippen molar-refractivity contribution < 1.29 is 31.4 Å². The summed E-state index contributed by atoms with van der Waals surface area (Å²) in [5, 5.41) is 19.4. The zero-order chi connectivity index (χ0) is 20.5. The minimum atomic E-state index is -4.93. The van der Waals surface area contributed by atoms with Gasteiger partial charge in [-0.05, 0) is 18.2 Å². The SMILES string of the molecule is OC(Cc1nncs1)Sc1nc(-c2cc(C(F)(F)F)cc(C(F)(F)F)c2)cs1. The third kappa shape index (κ3) is 5.21. The number of nitrogens with zero attached hydrogens (tertiary/aromatic N) is 3. The van der Waals surface area contributed by atoms with E-state index in [1.54, 1.807) is 0 Å². The van der Waals surface area contributed by atoms with Gasteiger partial charge in [0.15, 0.2) is 4.34 Å². The lowest BCUT2D eigenvalue weighted by Gasteiger charge is -2.13. The Morgan fingerprint density at radius 3 is 2.18 bits per heavy atom. The minimum absolute atomic E-state index is 0.0350. The number of aromatic nitrogens is 3. The van der Waals surface area contributed by atoms with E-state index >= 15 is 0 Å². The molecule has 0 aliphatic rings. The largest absolute Gasteiger partial charge is 0.416 e. The molecule has 0 amide bonds. The fourth-order valence-corrected chi connectivity index (χ4v) is 4.69. The average Bonchev–Trinajstić information content (AvgIpc) is 3.25. The standard InChI is InChI=1S/C15H9F6N3OS3/c16-14(17,18)8-1-7(2-9(3-8)15(19,20)21)10-5-26-13(23-10)28-12(25)4-11-24-22-6-27-11/h1-3,5-6,12,25H,4H2. The lowest BCUT2D eigenvalue weighted by Crippen LogP contribution is -2.11. The Hall–Kier alpha value is -1.70. The fraction of sp³-hybridized carbons (Fsp3) is 0.267. The number of hydrogen-bond acceptors (Lipinski definition) is 7. The Kier molecular flexibility index (Phi) is 5.98. The van der Waals surface area contributed by atoms with Crippen molar-refractivity contribution >= 4 is 34.4 Å². The van der Waals surface area contributed by atoms with Gasteiger partial charge in [-0.15, -0.1) is 32.9 Å². The van der Waals surface area contributed by atoms with Crippen LogP contribution in [0.3, 0.4) is 0 Å². The highest BCUT2D eigenvalue weighted by molar-refractivity contribution is 8.01. The van der Waals surface area contributed by atoms with Crippen molar-refractivity contribution in [2.45, 2.75) is 28.5 Å². The van der Waals surface area contributed by atoms with Crippen LogP contribution in [0.1, 0.15) is 16.1 Å². The van der Waals surface area contributed by atoms with Gasteiger partial charge in [0.05, 0.1) is 16.8 Å². The van der Waals surface area contributed by atoms with E-state index in [0.717, 1.165) is 23.1 Å². The first-order chi connectivity index (χ1) is 13.0. The molecule has 0 aliphatic carbocycles. The van der Waals surface area contributed by atoms with Crippen molar-refractivity contribution in [2.75, 3.05) is 0 Å². The van der Waals surface area contributed by atoms with Gasteiger partial charge in [0, 0.05) is 17.4 Å². The van der Waals surface area contributed by atoms with Crippen molar-refractivity contribution in [3.8, 4) is 11.3 Å². The summed E-state index contributed by atoms with van der Waals surface area (Å²) in [6.45, 7) is 0. The van der Waals surface area contributed by atoms with Gasteiger partial charge in [0.2, 0.25) is 0 Å². The Balaban J connectivity index is 1.85. The summed E-state index contributed by atoms with van der Waals surface area (Å²) in [4.78, 5) is 4.05. The van der Waals surface area contributed by atoms with Crippen LogP contribution in [0.25, 0.3) is 11.3 Å². The Morgan fingerprint density at radius 2 is 1.64 bits per heavy atom. The Bertz CT molecular complexity index is 907. The molecular weight excluding hydrogens is 448 g/mol. The number of aliphatic hydroxyl groups excluding tert-OH is 1. The average molecular weight is 457 g/mol. The van der Waals surface area contributed by atoms with Gasteiger partial charge in [-0.1, -0.05) is 11.8 Å². The molecule has 0 fully saturated rings. The van der Waals surface area contributed by atoms with Crippen molar-refractivity contribution in [2.24, 2.45) is 0 Å². The molecule has 1 atom stereocenters. The zero-order valence-electron chi connectivity index (χ0n) is 13.5. The number of benzene rings is 1. The van der Waals surface area contributed by atoms with Crippen LogP contribution in [0.5, 0.6) is 0 Å². The molecule has 150 valence electrons. The topological polar surface area (TPSA) is 58.9 Å². The minimum Gasteiger partial charge on any atom is -0.382 e. The van der Waals surface area contributed by atoms with Gasteiger partial charge in [0.25, 0.3) is 0 Å². The smallest absolute Gasteiger partial charge is 0.382 e. The fourth-order valence-electron chi connectivity index (χ4n) is 2.14. The predicted octanol–water partition coefficient (Wildman–Crippen LogP) is 5.35. The highest BCUT2D eigenvalue weighted by Crippen LogP contribution is 2.39. The normalized spacial score (nSPS) is 13.7. The van der Waals surface area contributed by atoms with Crippen LogP contribution in [0, 0.1) is 0 Å². The van der Waals surface area contributed by atoms with Crippen LogP contribution in [-0.4, -0.2) is 25.7 Å². The molecule has 3 aromatic rings. The molecule has 0 radical (unpaired) electrons. The number of alkyl halides is 6. The summed E-state index contributed by atoms with van der Waals surface area (Å²) < 4.78 is 78.2. The second-order valence-corrected chi connectivity index (χ2v) is 8.60. The number of halogens is 6. The predicted molar refractivity (Wildman–Crippen MR) is 93.0 cm³/mol. The van der Waals surface area contributed by atoms with E-state index in [-0.39, 0.29) is 23.7 Å². The number of hydrogen-bond donors (Lipinski definition) is 1. The molecule has 0 spiro atoms. The van der Waals surface area contributed by atoms with Gasteiger partial charge in [-0.25, -0.2) is 4.98 Å². The molecule has 28 heavy (non-hydrogen) atoms. The second-order valence-electron chi connectivity index (χ2n) is 5.40. The summed E-state index contributed by atoms with van der Waals surface area (Å²) in [7, 11) is 0. The van der Waals surface area contributed by atoms with Crippen LogP contribution in [0.15, 0.2) is 33.4 Å². The van der Waals surface area contributed by atoms with Crippen LogP contribution < -0.4 is 0 Å². The first kappa shape index (κ1) is 21.0. The first-order valence-electron chi connectivity index (χ1n) is 7.37. The maximum Gasteiger partial charge on any atom is 0.416 e. The highest BCUT2D eigenvalue weighted by Gasteiger charge is 2.37. The molecule has 13 heteroatoms. The molecule has 0 aliphatic heterocycles. The first-order valence-corrected chi connectivity index (χ1v) is 10.0. The van der Waals surface area contributed by atoms with Crippen LogP contribution >= 0.6 is 34.4 Å². The van der Waals surface area contributed by atoms with E-state index in [9.17, 15) is 31.4 Å². The second kappa shape index (κ2) is 7.97. The van der Waals surface area contributed by atoms with Gasteiger partial charge < -0.3 is 5.11 Å². The quantitative estimate of drug-likeness (QED) is 0.318. The summed E-state index contributed by atoms with van der Waals surface area (Å²) in [5.74, 6) is 0. The maximum atomic E-state index is 13.0. The van der Waals surface area contributed by atoms with Crippen molar-refractivity contribution in [3.05, 3.63) is 45.2 Å². The monoisotopic (exact) mass is 457 g/mol. The number of rotatable bonds is 5. The number of aliphatic hydroxyl groups is 1. The maximum absolute atomic E-state index is 13.0. The lowest BCUT2D eigenvalue weighted by atomic mass is 10.0. The molecule has 3 rings (SSSR count). The van der Waals surface area contributed by atoms with Crippen molar-refractivity contribution in [1.29, 1.82) is 0 Å². The Morgan fingerprint density at radius 1 is 1.00 bits per heavy atom. The molecule has 0 saturated carbocycles. The number of thioether (sulfide) groups is 1. The van der Waals surface area contributed by atoms with Crippen molar-refractivity contribution in [1.82, 2.24) is 15.2 Å². The van der Waals surface area contributed by atoms with Crippen molar-refractivity contribution in [3.63, 3.8) is 0 Å². The van der Waals surface area contributed by atoms with Crippen LogP contribution in [-0.2, 0) is 18.8 Å². The van der Waals surface area contributed by atoms with Gasteiger partial charge >= 0.3 is 12.4 Å². The van der Waals surface area contributed by atoms with E-state index in [2.05, 4.69) is 15.2 Å². The van der Waals surface area contributed by atoms with E-state index in [1.165, 1.54) is 22.2 Å². The lowest BCUT2D eigenvalue weighted by molar-refractivity contribution is -0.143. The summed E-state index contributed by atoms with van der Waals surface area (Å²) in [6, 6.07) is 1.31. The molecular formula is C15H9F6N3OS3. The number of thiazole rings is 1. The van der Waals surface area contributed by atoms with Crippen LogP contribution in [0.2, 0.25) is 0 Å².